The molecule has 0 aliphatic heterocycles. The number of thioether (sulfide) groups is 1. The number of benzene rings is 2. The number of rotatable bonds is 7. The first kappa shape index (κ1) is 16.6. The maximum absolute atomic E-state index is 13.5. The molecule has 2 aromatic rings. The molecular weight excluding hydrogens is 315 g/mol. The minimum absolute atomic E-state index is 0.168. The molecule has 114 valence electrons. The van der Waals surface area contributed by atoms with E-state index in [0.717, 1.165) is 11.3 Å². The molecule has 0 aliphatic rings. The topological polar surface area (TPSA) is 27.1 Å². The van der Waals surface area contributed by atoms with Crippen molar-refractivity contribution in [3.8, 4) is 0 Å². The van der Waals surface area contributed by atoms with Gasteiger partial charge in [-0.15, -0.1) is 0 Å². The number of amidine groups is 1. The Morgan fingerprint density at radius 1 is 1.14 bits per heavy atom. The molecule has 0 saturated heterocycles. The van der Waals surface area contributed by atoms with Crippen molar-refractivity contribution in [3.63, 3.8) is 0 Å². The highest BCUT2D eigenvalue weighted by molar-refractivity contribution is 7.98. The molecule has 0 unspecified atom stereocenters. The van der Waals surface area contributed by atoms with Crippen LogP contribution in [0.25, 0.3) is 0 Å². The van der Waals surface area contributed by atoms with Gasteiger partial charge in [-0.05, 0) is 11.6 Å². The fourth-order valence-corrected chi connectivity index (χ4v) is 3.07. The van der Waals surface area contributed by atoms with Gasteiger partial charge in [-0.1, -0.05) is 60.7 Å². The molecular formula is C17H17FN2S2. The second kappa shape index (κ2) is 8.66. The predicted molar refractivity (Wildman–Crippen MR) is 96.2 cm³/mol. The maximum atomic E-state index is 13.5. The summed E-state index contributed by atoms with van der Waals surface area (Å²) in [5, 5.41) is 8.18. The van der Waals surface area contributed by atoms with Crippen LogP contribution in [0.2, 0.25) is 0 Å². The zero-order valence-corrected chi connectivity index (χ0v) is 13.7. The second-order valence-electron chi connectivity index (χ2n) is 4.66. The number of hydrogen-bond acceptors (Lipinski definition) is 3. The van der Waals surface area contributed by atoms with E-state index in [4.69, 9.17) is 17.6 Å². The molecule has 22 heavy (non-hydrogen) atoms. The van der Waals surface area contributed by atoms with Gasteiger partial charge in [0.2, 0.25) is 0 Å². The lowest BCUT2D eigenvalue weighted by molar-refractivity contribution is 0.617. The summed E-state index contributed by atoms with van der Waals surface area (Å²) in [5.74, 6) is 1.62. The van der Waals surface area contributed by atoms with Gasteiger partial charge in [0.15, 0.2) is 0 Å². The van der Waals surface area contributed by atoms with Gasteiger partial charge < -0.3 is 4.90 Å². The summed E-state index contributed by atoms with van der Waals surface area (Å²) in [5.41, 5.74) is 3.04. The van der Waals surface area contributed by atoms with Crippen LogP contribution in [0.3, 0.4) is 0 Å². The van der Waals surface area contributed by atoms with Crippen LogP contribution in [0.15, 0.2) is 54.6 Å². The Hall–Kier alpha value is -1.72. The molecule has 2 rings (SSSR count). The van der Waals surface area contributed by atoms with Gasteiger partial charge in [0, 0.05) is 23.6 Å². The van der Waals surface area contributed by atoms with E-state index < -0.39 is 0 Å². The zero-order valence-electron chi connectivity index (χ0n) is 12.0. The lowest BCUT2D eigenvalue weighted by atomic mass is 10.2. The third kappa shape index (κ3) is 4.64. The number of thiocarbonyl (C=S) groups is 1. The Kier molecular flexibility index (Phi) is 6.55. The van der Waals surface area contributed by atoms with Crippen molar-refractivity contribution < 1.29 is 4.39 Å². The molecule has 0 spiro atoms. The molecule has 0 aromatic heterocycles. The Morgan fingerprint density at radius 2 is 1.82 bits per heavy atom. The van der Waals surface area contributed by atoms with Gasteiger partial charge in [0.25, 0.3) is 0 Å². The van der Waals surface area contributed by atoms with Crippen molar-refractivity contribution in [3.05, 3.63) is 71.5 Å². The smallest absolute Gasteiger partial charge is 0.132 e. The van der Waals surface area contributed by atoms with Crippen molar-refractivity contribution in [1.82, 2.24) is 4.90 Å². The summed E-state index contributed by atoms with van der Waals surface area (Å²) >= 11 is 6.64. The predicted octanol–water partition coefficient (Wildman–Crippen LogP) is 4.34. The first-order valence-electron chi connectivity index (χ1n) is 6.89. The monoisotopic (exact) mass is 332 g/mol. The molecule has 0 atom stereocenters. The molecule has 0 amide bonds. The molecule has 0 bridgehead atoms. The normalized spacial score (nSPS) is 10.2. The summed E-state index contributed by atoms with van der Waals surface area (Å²) in [6.07, 6.45) is 0. The van der Waals surface area contributed by atoms with E-state index in [1.54, 1.807) is 28.8 Å². The van der Waals surface area contributed by atoms with E-state index in [0.29, 0.717) is 23.7 Å². The van der Waals surface area contributed by atoms with Crippen molar-refractivity contribution in [2.24, 2.45) is 0 Å². The highest BCUT2D eigenvalue weighted by Gasteiger charge is 2.09. The zero-order chi connectivity index (χ0) is 15.8. The first-order chi connectivity index (χ1) is 10.7. The molecule has 0 fully saturated rings. The van der Waals surface area contributed by atoms with Gasteiger partial charge in [-0.2, -0.15) is 11.8 Å². The maximum Gasteiger partial charge on any atom is 0.132 e. The van der Waals surface area contributed by atoms with Crippen molar-refractivity contribution in [2.45, 2.75) is 5.75 Å². The quantitative estimate of drug-likeness (QED) is 0.354. The second-order valence-corrected chi connectivity index (χ2v) is 5.97. The van der Waals surface area contributed by atoms with Gasteiger partial charge in [0.05, 0.1) is 5.49 Å². The number of halogens is 1. The largest absolute Gasteiger partial charge is 0.323 e. The van der Waals surface area contributed by atoms with E-state index in [1.165, 1.54) is 11.6 Å². The van der Waals surface area contributed by atoms with Crippen LogP contribution in [-0.2, 0) is 5.75 Å². The van der Waals surface area contributed by atoms with E-state index in [1.807, 2.05) is 36.4 Å². The molecule has 5 heteroatoms. The van der Waals surface area contributed by atoms with Crippen molar-refractivity contribution in [1.29, 1.82) is 5.41 Å². The van der Waals surface area contributed by atoms with Crippen LogP contribution in [0.5, 0.6) is 0 Å². The molecule has 0 radical (unpaired) electrons. The van der Waals surface area contributed by atoms with E-state index >= 15 is 0 Å². The van der Waals surface area contributed by atoms with Crippen LogP contribution in [0.4, 0.5) is 4.39 Å². The Bertz CT molecular complexity index is 632. The summed E-state index contributed by atoms with van der Waals surface area (Å²) in [7, 11) is 0. The number of hydrogen-bond donors (Lipinski definition) is 1. The first-order valence-corrected chi connectivity index (χ1v) is 8.52. The van der Waals surface area contributed by atoms with Crippen LogP contribution >= 0.6 is 24.0 Å². The lowest BCUT2D eigenvalue weighted by Crippen LogP contribution is -2.31. The summed E-state index contributed by atoms with van der Waals surface area (Å²) in [6, 6.07) is 16.3. The SMILES string of the molecule is N=C(c1ccccc1)N(C=S)CCSCc1ccccc1F. The summed E-state index contributed by atoms with van der Waals surface area (Å²) in [6.45, 7) is 0.635. The van der Waals surface area contributed by atoms with Crippen LogP contribution in [0, 0.1) is 11.2 Å². The van der Waals surface area contributed by atoms with Crippen LogP contribution < -0.4 is 0 Å². The average molecular weight is 332 g/mol. The van der Waals surface area contributed by atoms with Crippen molar-refractivity contribution >= 4 is 35.3 Å². The Labute approximate surface area is 139 Å². The third-order valence-electron chi connectivity index (χ3n) is 3.15. The Balaban J connectivity index is 1.83. The third-order valence-corrected chi connectivity index (χ3v) is 4.39. The molecule has 0 saturated carbocycles. The highest BCUT2D eigenvalue weighted by Crippen LogP contribution is 2.15. The van der Waals surface area contributed by atoms with Crippen molar-refractivity contribution in [2.75, 3.05) is 12.3 Å². The molecule has 2 nitrogen and oxygen atoms in total. The van der Waals surface area contributed by atoms with E-state index in [-0.39, 0.29) is 5.82 Å². The summed E-state index contributed by atoms with van der Waals surface area (Å²) < 4.78 is 13.5. The fourth-order valence-electron chi connectivity index (χ4n) is 1.94. The number of nitrogens with one attached hydrogen (secondary N) is 1. The van der Waals surface area contributed by atoms with E-state index in [9.17, 15) is 4.39 Å². The minimum atomic E-state index is -0.168. The average Bonchev–Trinajstić information content (AvgIpc) is 2.57. The molecule has 0 heterocycles. The van der Waals surface area contributed by atoms with Gasteiger partial charge in [-0.25, -0.2) is 4.39 Å². The molecule has 2 aromatic carbocycles. The summed E-state index contributed by atoms with van der Waals surface area (Å²) in [4.78, 5) is 1.74. The van der Waals surface area contributed by atoms with Crippen LogP contribution in [0.1, 0.15) is 11.1 Å². The van der Waals surface area contributed by atoms with E-state index in [2.05, 4.69) is 0 Å². The fraction of sp³-hybridized carbons (Fsp3) is 0.176. The highest BCUT2D eigenvalue weighted by atomic mass is 32.2. The van der Waals surface area contributed by atoms with Crippen LogP contribution in [-0.4, -0.2) is 28.5 Å². The van der Waals surface area contributed by atoms with Gasteiger partial charge >= 0.3 is 0 Å². The van der Waals surface area contributed by atoms with Gasteiger partial charge in [0.1, 0.15) is 11.7 Å². The standard InChI is InChI=1S/C17H17FN2S2/c18-16-9-5-4-8-15(16)12-22-11-10-20(13-21)17(19)14-6-2-1-3-7-14/h1-9,13,19H,10-12H2. The molecule has 0 aliphatic carbocycles. The molecule has 1 N–H and O–H groups in total. The number of nitrogens with zero attached hydrogens (tertiary/aromatic N) is 1. The Morgan fingerprint density at radius 3 is 2.50 bits per heavy atom. The van der Waals surface area contributed by atoms with Gasteiger partial charge in [-0.3, -0.25) is 5.41 Å². The lowest BCUT2D eigenvalue weighted by Gasteiger charge is -2.19. The minimum Gasteiger partial charge on any atom is -0.323 e.